The van der Waals surface area contributed by atoms with Gasteiger partial charge in [-0.25, -0.2) is 13.1 Å². The van der Waals surface area contributed by atoms with E-state index in [9.17, 15) is 8.42 Å². The van der Waals surface area contributed by atoms with E-state index in [2.05, 4.69) is 20.1 Å². The lowest BCUT2D eigenvalue weighted by Crippen LogP contribution is -2.39. The summed E-state index contributed by atoms with van der Waals surface area (Å²) in [5.41, 5.74) is 2.75. The van der Waals surface area contributed by atoms with Crippen LogP contribution in [0.15, 0.2) is 34.2 Å². The van der Waals surface area contributed by atoms with Gasteiger partial charge in [-0.1, -0.05) is 11.6 Å². The van der Waals surface area contributed by atoms with Crippen molar-refractivity contribution in [2.75, 3.05) is 0 Å². The molecule has 4 saturated carbocycles. The van der Waals surface area contributed by atoms with Gasteiger partial charge in [0.15, 0.2) is 0 Å². The van der Waals surface area contributed by atoms with E-state index >= 15 is 0 Å². The molecule has 0 radical (unpaired) electrons. The van der Waals surface area contributed by atoms with Crippen LogP contribution in [0.4, 0.5) is 0 Å². The van der Waals surface area contributed by atoms with Crippen molar-refractivity contribution in [2.24, 2.45) is 0 Å². The Labute approximate surface area is 211 Å². The number of aromatic nitrogens is 5. The molecule has 36 heavy (non-hydrogen) atoms. The number of benzene rings is 1. The number of hydrogen-bond donors (Lipinski definition) is 1. The van der Waals surface area contributed by atoms with Crippen LogP contribution in [0.3, 0.4) is 0 Å². The standard InChI is InChI=1S/C26H32N6O3S/c33-36(34,31-20-5-2-6-21(13-20)32-14-27-28-15-32)24-22(16-7-8-16)11-19(12-23(24)17-9-10-17)25-29-26(35-30-25)18-3-1-4-18/h11-12,14-18,20-21,31H,1-10,13H2/t20-,21+/m0/s1. The van der Waals surface area contributed by atoms with Crippen LogP contribution < -0.4 is 4.72 Å². The molecule has 0 saturated heterocycles. The smallest absolute Gasteiger partial charge is 0.241 e. The van der Waals surface area contributed by atoms with Crippen molar-refractivity contribution >= 4 is 10.0 Å². The van der Waals surface area contributed by atoms with E-state index in [0.717, 1.165) is 86.8 Å². The zero-order valence-electron chi connectivity index (χ0n) is 20.3. The molecule has 10 heteroatoms. The van der Waals surface area contributed by atoms with Crippen molar-refractivity contribution in [3.05, 3.63) is 41.8 Å². The monoisotopic (exact) mass is 508 g/mol. The van der Waals surface area contributed by atoms with Crippen LogP contribution >= 0.6 is 0 Å². The summed E-state index contributed by atoms with van der Waals surface area (Å²) in [6.07, 6.45) is 14.5. The zero-order valence-corrected chi connectivity index (χ0v) is 21.2. The first-order valence-electron chi connectivity index (χ1n) is 13.4. The molecule has 1 N–H and O–H groups in total. The van der Waals surface area contributed by atoms with Gasteiger partial charge in [-0.05, 0) is 99.3 Å². The summed E-state index contributed by atoms with van der Waals surface area (Å²) >= 11 is 0. The third-order valence-corrected chi connectivity index (χ3v) is 10.1. The molecular weight excluding hydrogens is 476 g/mol. The van der Waals surface area contributed by atoms with Crippen LogP contribution in [-0.4, -0.2) is 39.4 Å². The normalized spacial score (nSPS) is 25.1. The lowest BCUT2D eigenvalue weighted by atomic mass is 9.85. The zero-order chi connectivity index (χ0) is 24.3. The fourth-order valence-corrected chi connectivity index (χ4v) is 7.74. The fraction of sp³-hybridized carbons (Fsp3) is 0.615. The molecule has 0 aliphatic heterocycles. The van der Waals surface area contributed by atoms with E-state index in [-0.39, 0.29) is 23.9 Å². The Hall–Kier alpha value is -2.59. The predicted molar refractivity (Wildman–Crippen MR) is 132 cm³/mol. The van der Waals surface area contributed by atoms with Crippen molar-refractivity contribution < 1.29 is 12.9 Å². The van der Waals surface area contributed by atoms with Gasteiger partial charge in [0, 0.05) is 23.6 Å². The molecule has 2 atom stereocenters. The highest BCUT2D eigenvalue weighted by molar-refractivity contribution is 7.89. The molecule has 4 fully saturated rings. The lowest BCUT2D eigenvalue weighted by Gasteiger charge is -2.30. The van der Waals surface area contributed by atoms with Gasteiger partial charge in [-0.2, -0.15) is 4.98 Å². The van der Waals surface area contributed by atoms with Crippen molar-refractivity contribution in [3.63, 3.8) is 0 Å². The number of rotatable bonds is 8. The van der Waals surface area contributed by atoms with Crippen LogP contribution in [0.2, 0.25) is 0 Å². The molecule has 9 nitrogen and oxygen atoms in total. The van der Waals surface area contributed by atoms with E-state index < -0.39 is 10.0 Å². The molecule has 0 bridgehead atoms. The Kier molecular flexibility index (Phi) is 5.50. The molecule has 7 rings (SSSR count). The SMILES string of the molecule is O=S(=O)(N[C@H]1CCC[C@@H](n2cnnc2)C1)c1c(C2CC2)cc(-c2noc(C3CCC3)n2)cc1C1CC1. The summed E-state index contributed by atoms with van der Waals surface area (Å²) in [6, 6.07) is 4.16. The first-order valence-corrected chi connectivity index (χ1v) is 14.9. The molecule has 2 heterocycles. The quantitative estimate of drug-likeness (QED) is 0.464. The molecule has 190 valence electrons. The van der Waals surface area contributed by atoms with E-state index in [4.69, 9.17) is 9.51 Å². The highest BCUT2D eigenvalue weighted by Crippen LogP contribution is 2.50. The summed E-state index contributed by atoms with van der Waals surface area (Å²) in [5, 5.41) is 12.1. The summed E-state index contributed by atoms with van der Waals surface area (Å²) in [7, 11) is -3.68. The maximum absolute atomic E-state index is 14.0. The molecule has 3 aromatic rings. The average molecular weight is 509 g/mol. The van der Waals surface area contributed by atoms with Crippen LogP contribution in [0, 0.1) is 0 Å². The Morgan fingerprint density at radius 2 is 1.53 bits per heavy atom. The number of sulfonamides is 1. The fourth-order valence-electron chi connectivity index (χ4n) is 5.90. The van der Waals surface area contributed by atoms with Crippen molar-refractivity contribution in [1.82, 2.24) is 29.6 Å². The molecule has 0 amide bonds. The summed E-state index contributed by atoms with van der Waals surface area (Å²) in [6.45, 7) is 0. The predicted octanol–water partition coefficient (Wildman–Crippen LogP) is 4.81. The Morgan fingerprint density at radius 3 is 2.14 bits per heavy atom. The van der Waals surface area contributed by atoms with Crippen molar-refractivity contribution in [2.45, 2.75) is 105 Å². The lowest BCUT2D eigenvalue weighted by molar-refractivity contribution is 0.292. The van der Waals surface area contributed by atoms with E-state index in [0.29, 0.717) is 16.6 Å². The van der Waals surface area contributed by atoms with E-state index in [1.807, 2.05) is 16.7 Å². The van der Waals surface area contributed by atoms with Gasteiger partial charge in [-0.15, -0.1) is 10.2 Å². The second-order valence-corrected chi connectivity index (χ2v) is 12.8. The number of hydrogen-bond acceptors (Lipinski definition) is 7. The Morgan fingerprint density at radius 1 is 0.861 bits per heavy atom. The maximum Gasteiger partial charge on any atom is 0.241 e. The van der Waals surface area contributed by atoms with Crippen LogP contribution in [-0.2, 0) is 10.0 Å². The molecule has 4 aliphatic rings. The Balaban J connectivity index is 1.22. The second-order valence-electron chi connectivity index (χ2n) is 11.2. The molecule has 1 aromatic carbocycles. The van der Waals surface area contributed by atoms with Gasteiger partial charge >= 0.3 is 0 Å². The van der Waals surface area contributed by atoms with Gasteiger partial charge in [0.25, 0.3) is 0 Å². The largest absolute Gasteiger partial charge is 0.339 e. The molecule has 0 spiro atoms. The van der Waals surface area contributed by atoms with Crippen molar-refractivity contribution in [1.29, 1.82) is 0 Å². The molecule has 0 unspecified atom stereocenters. The molecular formula is C26H32N6O3S. The molecule has 4 aliphatic carbocycles. The highest BCUT2D eigenvalue weighted by Gasteiger charge is 2.39. The highest BCUT2D eigenvalue weighted by atomic mass is 32.2. The summed E-state index contributed by atoms with van der Waals surface area (Å²) < 4.78 is 38.7. The molecule has 2 aromatic heterocycles. The first-order chi connectivity index (χ1) is 17.5. The maximum atomic E-state index is 14.0. The topological polar surface area (TPSA) is 116 Å². The van der Waals surface area contributed by atoms with Crippen LogP contribution in [0.25, 0.3) is 11.4 Å². The van der Waals surface area contributed by atoms with Gasteiger partial charge < -0.3 is 9.09 Å². The minimum absolute atomic E-state index is 0.0998. The third kappa shape index (κ3) is 4.28. The van der Waals surface area contributed by atoms with E-state index in [1.54, 1.807) is 12.7 Å². The summed E-state index contributed by atoms with van der Waals surface area (Å²) in [5.74, 6) is 2.24. The van der Waals surface area contributed by atoms with Gasteiger partial charge in [0.1, 0.15) is 12.7 Å². The minimum atomic E-state index is -3.68. The van der Waals surface area contributed by atoms with Gasteiger partial charge in [0.2, 0.25) is 21.7 Å². The van der Waals surface area contributed by atoms with Crippen LogP contribution in [0.1, 0.15) is 111 Å². The second kappa shape index (κ2) is 8.76. The third-order valence-electron chi connectivity index (χ3n) is 8.43. The van der Waals surface area contributed by atoms with Gasteiger partial charge in [-0.3, -0.25) is 0 Å². The average Bonchev–Trinajstić information content (AvgIpc) is 3.76. The Bertz CT molecular complexity index is 1320. The number of nitrogens with zero attached hydrogens (tertiary/aromatic N) is 5. The van der Waals surface area contributed by atoms with E-state index in [1.165, 1.54) is 6.42 Å². The van der Waals surface area contributed by atoms with Crippen molar-refractivity contribution in [3.8, 4) is 11.4 Å². The minimum Gasteiger partial charge on any atom is -0.339 e. The van der Waals surface area contributed by atoms with Gasteiger partial charge in [0.05, 0.1) is 4.90 Å². The summed E-state index contributed by atoms with van der Waals surface area (Å²) in [4.78, 5) is 5.23. The number of nitrogens with one attached hydrogen (secondary N) is 1. The van der Waals surface area contributed by atoms with Crippen LogP contribution in [0.5, 0.6) is 0 Å². The first kappa shape index (κ1) is 22.6.